The van der Waals surface area contributed by atoms with Crippen molar-refractivity contribution in [3.05, 3.63) is 51.8 Å². The normalized spacial score (nSPS) is 16.5. The number of benzene rings is 1. The van der Waals surface area contributed by atoms with Gasteiger partial charge in [0.25, 0.3) is 5.91 Å². The number of alkyl halides is 3. The van der Waals surface area contributed by atoms with Crippen molar-refractivity contribution >= 4 is 38.8 Å². The molecule has 0 saturated carbocycles. The van der Waals surface area contributed by atoms with Gasteiger partial charge in [-0.3, -0.25) is 4.79 Å². The van der Waals surface area contributed by atoms with E-state index in [1.54, 1.807) is 0 Å². The van der Waals surface area contributed by atoms with Crippen LogP contribution in [-0.2, 0) is 19.0 Å². The lowest BCUT2D eigenvalue weighted by atomic mass is 9.82. The fraction of sp³-hybridized carbons (Fsp3) is 0.333. The smallest absolute Gasteiger partial charge is 0.397 e. The Morgan fingerprint density at radius 3 is 2.63 bits per heavy atom. The van der Waals surface area contributed by atoms with Crippen LogP contribution >= 0.6 is 11.3 Å². The SMILES string of the molecule is CCC1CCc2nc3sc(C(=O)Nc4ccc(F)cc4)c(N)c3c(C(F)(F)F)c2C1. The molecule has 1 aliphatic carbocycles. The number of anilines is 2. The Hall–Kier alpha value is -2.68. The molecule has 158 valence electrons. The van der Waals surface area contributed by atoms with Crippen molar-refractivity contribution in [2.75, 3.05) is 11.1 Å². The molecule has 0 radical (unpaired) electrons. The summed E-state index contributed by atoms with van der Waals surface area (Å²) >= 11 is 0.842. The van der Waals surface area contributed by atoms with Gasteiger partial charge in [0, 0.05) is 16.8 Å². The lowest BCUT2D eigenvalue weighted by molar-refractivity contribution is -0.137. The van der Waals surface area contributed by atoms with Gasteiger partial charge in [0.05, 0.1) is 11.3 Å². The van der Waals surface area contributed by atoms with Crippen LogP contribution in [0.15, 0.2) is 24.3 Å². The summed E-state index contributed by atoms with van der Waals surface area (Å²) in [4.78, 5) is 17.2. The Kier molecular flexibility index (Phi) is 5.17. The zero-order chi connectivity index (χ0) is 21.6. The number of nitrogens with two attached hydrogens (primary N) is 1. The molecule has 4 nitrogen and oxygen atoms in total. The first-order valence-electron chi connectivity index (χ1n) is 9.56. The molecule has 0 saturated heterocycles. The molecule has 0 spiro atoms. The van der Waals surface area contributed by atoms with E-state index in [2.05, 4.69) is 10.3 Å². The number of carbonyl (C=O) groups excluding carboxylic acids is 1. The highest BCUT2D eigenvalue weighted by Crippen LogP contribution is 2.46. The molecule has 1 amide bonds. The summed E-state index contributed by atoms with van der Waals surface area (Å²) in [6.45, 7) is 1.96. The lowest BCUT2D eigenvalue weighted by Gasteiger charge is -2.26. The van der Waals surface area contributed by atoms with Gasteiger partial charge in [-0.2, -0.15) is 13.2 Å². The summed E-state index contributed by atoms with van der Waals surface area (Å²) in [7, 11) is 0. The predicted octanol–water partition coefficient (Wildman–Crippen LogP) is 5.80. The van der Waals surface area contributed by atoms with Crippen LogP contribution in [-0.4, -0.2) is 10.9 Å². The summed E-state index contributed by atoms with van der Waals surface area (Å²) in [5.41, 5.74) is 6.02. The first-order valence-corrected chi connectivity index (χ1v) is 10.4. The van der Waals surface area contributed by atoms with E-state index in [4.69, 9.17) is 5.73 Å². The number of nitrogens with one attached hydrogen (secondary N) is 1. The Bertz CT molecular complexity index is 1120. The number of aromatic nitrogens is 1. The fourth-order valence-electron chi connectivity index (χ4n) is 3.95. The Balaban J connectivity index is 1.83. The maximum Gasteiger partial charge on any atom is 0.417 e. The number of halogens is 4. The standard InChI is InChI=1S/C21H19F4N3OS/c1-2-10-3-8-14-13(9-10)16(21(23,24)25)15-17(26)18(30-20(15)28-14)19(29)27-12-6-4-11(22)5-7-12/h4-7,10H,2-3,8-9,26H2,1H3,(H,27,29). The molecule has 30 heavy (non-hydrogen) atoms. The van der Waals surface area contributed by atoms with Gasteiger partial charge < -0.3 is 11.1 Å². The largest absolute Gasteiger partial charge is 0.417 e. The Morgan fingerprint density at radius 2 is 2.00 bits per heavy atom. The monoisotopic (exact) mass is 437 g/mol. The quantitative estimate of drug-likeness (QED) is 0.509. The van der Waals surface area contributed by atoms with Crippen LogP contribution in [0.4, 0.5) is 28.9 Å². The van der Waals surface area contributed by atoms with Crippen molar-refractivity contribution in [1.82, 2.24) is 4.98 Å². The second kappa shape index (κ2) is 7.54. The maximum atomic E-state index is 14.1. The average Bonchev–Trinajstić information content (AvgIpc) is 3.02. The highest BCUT2D eigenvalue weighted by Gasteiger charge is 2.40. The molecule has 0 aliphatic heterocycles. The molecule has 2 aromatic heterocycles. The number of pyridine rings is 1. The van der Waals surface area contributed by atoms with Crippen LogP contribution < -0.4 is 11.1 Å². The number of carbonyl (C=O) groups is 1. The topological polar surface area (TPSA) is 68.0 Å². The van der Waals surface area contributed by atoms with E-state index < -0.39 is 23.5 Å². The zero-order valence-corrected chi connectivity index (χ0v) is 16.9. The summed E-state index contributed by atoms with van der Waals surface area (Å²) < 4.78 is 55.4. The van der Waals surface area contributed by atoms with Gasteiger partial charge in [-0.1, -0.05) is 13.3 Å². The van der Waals surface area contributed by atoms with Crippen LogP contribution in [0.2, 0.25) is 0 Å². The summed E-state index contributed by atoms with van der Waals surface area (Å²) in [6, 6.07) is 5.07. The zero-order valence-electron chi connectivity index (χ0n) is 16.1. The minimum atomic E-state index is -4.61. The maximum absolute atomic E-state index is 14.1. The van der Waals surface area contributed by atoms with Crippen LogP contribution in [0.5, 0.6) is 0 Å². The molecule has 2 heterocycles. The van der Waals surface area contributed by atoms with E-state index in [0.717, 1.165) is 24.2 Å². The van der Waals surface area contributed by atoms with Gasteiger partial charge in [0.1, 0.15) is 15.5 Å². The molecule has 1 aliphatic rings. The van der Waals surface area contributed by atoms with Gasteiger partial charge >= 0.3 is 6.18 Å². The van der Waals surface area contributed by atoms with E-state index in [1.165, 1.54) is 24.3 Å². The Labute approximate surface area is 174 Å². The highest BCUT2D eigenvalue weighted by molar-refractivity contribution is 7.21. The molecule has 1 atom stereocenters. The van der Waals surface area contributed by atoms with E-state index in [1.807, 2.05) is 6.92 Å². The molecule has 3 N–H and O–H groups in total. The number of thiophene rings is 1. The molecule has 3 aromatic rings. The summed E-state index contributed by atoms with van der Waals surface area (Å²) in [5, 5.41) is 2.35. The number of nitrogen functional groups attached to an aromatic ring is 1. The van der Waals surface area contributed by atoms with E-state index in [-0.39, 0.29) is 32.3 Å². The lowest BCUT2D eigenvalue weighted by Crippen LogP contribution is -2.21. The number of rotatable bonds is 3. The second-order valence-corrected chi connectivity index (χ2v) is 8.41. The summed E-state index contributed by atoms with van der Waals surface area (Å²) in [5.74, 6) is -0.956. The van der Waals surface area contributed by atoms with Gasteiger partial charge in [-0.25, -0.2) is 9.37 Å². The van der Waals surface area contributed by atoms with Crippen LogP contribution in [0.3, 0.4) is 0 Å². The van der Waals surface area contributed by atoms with Gasteiger partial charge in [0.2, 0.25) is 0 Å². The molecule has 9 heteroatoms. The molecule has 0 bridgehead atoms. The third-order valence-corrected chi connectivity index (χ3v) is 6.61. The van der Waals surface area contributed by atoms with E-state index in [9.17, 15) is 22.4 Å². The third-order valence-electron chi connectivity index (χ3n) is 5.51. The van der Waals surface area contributed by atoms with Crippen LogP contribution in [0.1, 0.15) is 46.3 Å². The van der Waals surface area contributed by atoms with Crippen molar-refractivity contribution in [2.45, 2.75) is 38.8 Å². The van der Waals surface area contributed by atoms with Crippen LogP contribution in [0, 0.1) is 11.7 Å². The second-order valence-electron chi connectivity index (χ2n) is 7.41. The minimum Gasteiger partial charge on any atom is -0.397 e. The van der Waals surface area contributed by atoms with Gasteiger partial charge in [-0.05, 0) is 55.0 Å². The molecular formula is C21H19F4N3OS. The Morgan fingerprint density at radius 1 is 1.30 bits per heavy atom. The van der Waals surface area contributed by atoms with E-state index in [0.29, 0.717) is 24.2 Å². The molecule has 1 unspecified atom stereocenters. The first kappa shape index (κ1) is 20.6. The van der Waals surface area contributed by atoms with Crippen molar-refractivity contribution < 1.29 is 22.4 Å². The van der Waals surface area contributed by atoms with Crippen molar-refractivity contribution in [3.63, 3.8) is 0 Å². The molecule has 0 fully saturated rings. The highest BCUT2D eigenvalue weighted by atomic mass is 32.1. The fourth-order valence-corrected chi connectivity index (χ4v) is 4.97. The van der Waals surface area contributed by atoms with Gasteiger partial charge in [0.15, 0.2) is 0 Å². The van der Waals surface area contributed by atoms with Crippen LogP contribution in [0.25, 0.3) is 10.2 Å². The average molecular weight is 437 g/mol. The van der Waals surface area contributed by atoms with Crippen molar-refractivity contribution in [2.24, 2.45) is 5.92 Å². The number of fused-ring (bicyclic) bond motifs is 2. The van der Waals surface area contributed by atoms with Gasteiger partial charge in [-0.15, -0.1) is 11.3 Å². The number of nitrogens with zero attached hydrogens (tertiary/aromatic N) is 1. The minimum absolute atomic E-state index is 0.0401. The molecular weight excluding hydrogens is 418 g/mol. The molecule has 4 rings (SSSR count). The number of amides is 1. The van der Waals surface area contributed by atoms with Crippen molar-refractivity contribution in [1.29, 1.82) is 0 Å². The third kappa shape index (κ3) is 3.62. The molecule has 1 aromatic carbocycles. The number of hydrogen-bond donors (Lipinski definition) is 2. The number of hydrogen-bond acceptors (Lipinski definition) is 4. The van der Waals surface area contributed by atoms with Crippen molar-refractivity contribution in [3.8, 4) is 0 Å². The summed E-state index contributed by atoms with van der Waals surface area (Å²) in [6.07, 6.45) is -2.25. The van der Waals surface area contributed by atoms with E-state index >= 15 is 0 Å². The number of aryl methyl sites for hydroxylation is 1. The first-order chi connectivity index (χ1) is 14.2. The predicted molar refractivity (Wildman–Crippen MR) is 109 cm³/mol.